The molecule has 80 valence electrons. The van der Waals surface area contributed by atoms with Crippen molar-refractivity contribution < 1.29 is 0 Å². The van der Waals surface area contributed by atoms with Gasteiger partial charge in [-0.1, -0.05) is 17.7 Å². The Kier molecular flexibility index (Phi) is 2.93. The lowest BCUT2D eigenvalue weighted by atomic mass is 10.1. The number of rotatable bonds is 3. The predicted molar refractivity (Wildman–Crippen MR) is 63.1 cm³/mol. The summed E-state index contributed by atoms with van der Waals surface area (Å²) in [5.74, 6) is 0. The molecule has 2 rings (SSSR count). The summed E-state index contributed by atoms with van der Waals surface area (Å²) in [7, 11) is 1.85. The van der Waals surface area contributed by atoms with Crippen molar-refractivity contribution in [3.05, 3.63) is 28.9 Å². The zero-order valence-corrected chi connectivity index (χ0v) is 9.46. The molecule has 1 heterocycles. The molecule has 0 spiro atoms. The smallest absolute Gasteiger partial charge is 0.134 e. The lowest BCUT2D eigenvalue weighted by Crippen LogP contribution is -2.00. The van der Waals surface area contributed by atoms with Gasteiger partial charge in [0.05, 0.1) is 5.52 Å². The third kappa shape index (κ3) is 1.98. The van der Waals surface area contributed by atoms with Crippen LogP contribution in [0, 0.1) is 0 Å². The molecule has 15 heavy (non-hydrogen) atoms. The number of aromatic nitrogens is 2. The van der Waals surface area contributed by atoms with Crippen LogP contribution in [0.5, 0.6) is 0 Å². The molecule has 0 atom stereocenters. The number of benzene rings is 1. The van der Waals surface area contributed by atoms with E-state index in [1.165, 1.54) is 5.56 Å². The highest BCUT2D eigenvalue weighted by Crippen LogP contribution is 2.23. The molecule has 0 aliphatic carbocycles. The van der Waals surface area contributed by atoms with Gasteiger partial charge in [-0.25, -0.2) is 0 Å². The topological polar surface area (TPSA) is 43.8 Å². The Hall–Kier alpha value is -1.06. The van der Waals surface area contributed by atoms with Crippen LogP contribution in [-0.4, -0.2) is 16.3 Å². The SMILES string of the molecule is Cn1nc2cc(CCCN)ccc2c1Cl. The van der Waals surface area contributed by atoms with E-state index in [9.17, 15) is 0 Å². The van der Waals surface area contributed by atoms with Crippen molar-refractivity contribution >= 4 is 22.5 Å². The quantitative estimate of drug-likeness (QED) is 0.866. The fourth-order valence-corrected chi connectivity index (χ4v) is 1.87. The summed E-state index contributed by atoms with van der Waals surface area (Å²) in [5, 5.41) is 6.03. The summed E-state index contributed by atoms with van der Waals surface area (Å²) in [5.41, 5.74) is 7.70. The molecule has 0 aliphatic heterocycles. The number of nitrogens with two attached hydrogens (primary N) is 1. The molecule has 2 aromatic rings. The Bertz CT molecular complexity index is 476. The van der Waals surface area contributed by atoms with Crippen LogP contribution in [0.4, 0.5) is 0 Å². The van der Waals surface area contributed by atoms with Gasteiger partial charge in [-0.15, -0.1) is 0 Å². The Morgan fingerprint density at radius 3 is 3.00 bits per heavy atom. The zero-order chi connectivity index (χ0) is 10.8. The first-order valence-electron chi connectivity index (χ1n) is 5.03. The van der Waals surface area contributed by atoms with Gasteiger partial charge < -0.3 is 5.73 Å². The maximum absolute atomic E-state index is 6.08. The van der Waals surface area contributed by atoms with Gasteiger partial charge >= 0.3 is 0 Å². The number of nitrogens with zero attached hydrogens (tertiary/aromatic N) is 2. The van der Waals surface area contributed by atoms with Gasteiger partial charge in [0, 0.05) is 12.4 Å². The van der Waals surface area contributed by atoms with Crippen LogP contribution in [0.2, 0.25) is 5.15 Å². The molecule has 1 aromatic heterocycles. The van der Waals surface area contributed by atoms with E-state index < -0.39 is 0 Å². The van der Waals surface area contributed by atoms with E-state index in [-0.39, 0.29) is 0 Å². The van der Waals surface area contributed by atoms with E-state index in [4.69, 9.17) is 17.3 Å². The Morgan fingerprint density at radius 1 is 1.47 bits per heavy atom. The number of fused-ring (bicyclic) bond motifs is 1. The van der Waals surface area contributed by atoms with E-state index in [0.29, 0.717) is 5.15 Å². The molecular weight excluding hydrogens is 210 g/mol. The highest BCUT2D eigenvalue weighted by Gasteiger charge is 2.06. The highest BCUT2D eigenvalue weighted by atomic mass is 35.5. The summed E-state index contributed by atoms with van der Waals surface area (Å²) >= 11 is 6.08. The first-order valence-corrected chi connectivity index (χ1v) is 5.41. The van der Waals surface area contributed by atoms with E-state index in [1.54, 1.807) is 4.68 Å². The van der Waals surface area contributed by atoms with Crippen molar-refractivity contribution in [2.45, 2.75) is 12.8 Å². The Labute approximate surface area is 93.8 Å². The first kappa shape index (κ1) is 10.5. The molecule has 2 N–H and O–H groups in total. The zero-order valence-electron chi connectivity index (χ0n) is 8.70. The summed E-state index contributed by atoms with van der Waals surface area (Å²) in [6.07, 6.45) is 2.01. The molecule has 0 saturated heterocycles. The average molecular weight is 224 g/mol. The summed E-state index contributed by atoms with van der Waals surface area (Å²) in [6.45, 7) is 0.723. The van der Waals surface area contributed by atoms with Crippen LogP contribution in [-0.2, 0) is 13.5 Å². The van der Waals surface area contributed by atoms with Crippen molar-refractivity contribution in [1.82, 2.24) is 9.78 Å². The lowest BCUT2D eigenvalue weighted by molar-refractivity contribution is 0.780. The van der Waals surface area contributed by atoms with Crippen LogP contribution in [0.15, 0.2) is 18.2 Å². The summed E-state index contributed by atoms with van der Waals surface area (Å²) in [6, 6.07) is 6.19. The second kappa shape index (κ2) is 4.21. The number of halogens is 1. The maximum Gasteiger partial charge on any atom is 0.134 e. The highest BCUT2D eigenvalue weighted by molar-refractivity contribution is 6.34. The normalized spacial score (nSPS) is 11.1. The third-order valence-electron chi connectivity index (χ3n) is 2.50. The second-order valence-electron chi connectivity index (χ2n) is 3.66. The number of hydrogen-bond donors (Lipinski definition) is 1. The molecule has 0 bridgehead atoms. The van der Waals surface area contributed by atoms with Crippen LogP contribution in [0.25, 0.3) is 10.9 Å². The lowest BCUT2D eigenvalue weighted by Gasteiger charge is -1.98. The minimum Gasteiger partial charge on any atom is -0.330 e. The molecule has 1 aromatic carbocycles. The van der Waals surface area contributed by atoms with Crippen LogP contribution in [0.3, 0.4) is 0 Å². The molecule has 0 aliphatic rings. The first-order chi connectivity index (χ1) is 7.22. The average Bonchev–Trinajstić information content (AvgIpc) is 2.52. The van der Waals surface area contributed by atoms with Gasteiger partial charge in [0.2, 0.25) is 0 Å². The molecular formula is C11H14ClN3. The Morgan fingerprint density at radius 2 is 2.27 bits per heavy atom. The largest absolute Gasteiger partial charge is 0.330 e. The third-order valence-corrected chi connectivity index (χ3v) is 2.94. The molecule has 4 heteroatoms. The van der Waals surface area contributed by atoms with Gasteiger partial charge in [0.25, 0.3) is 0 Å². The summed E-state index contributed by atoms with van der Waals surface area (Å²) < 4.78 is 1.69. The molecule has 0 amide bonds. The number of hydrogen-bond acceptors (Lipinski definition) is 2. The van der Waals surface area contributed by atoms with Crippen LogP contribution < -0.4 is 5.73 Å². The summed E-state index contributed by atoms with van der Waals surface area (Å²) in [4.78, 5) is 0. The van der Waals surface area contributed by atoms with Gasteiger partial charge in [0.15, 0.2) is 0 Å². The number of aryl methyl sites for hydroxylation is 2. The Balaban J connectivity index is 2.39. The van der Waals surface area contributed by atoms with Crippen molar-refractivity contribution in [3.8, 4) is 0 Å². The molecule has 0 fully saturated rings. The molecule has 3 nitrogen and oxygen atoms in total. The molecule has 0 radical (unpaired) electrons. The fraction of sp³-hybridized carbons (Fsp3) is 0.364. The monoisotopic (exact) mass is 223 g/mol. The standard InChI is InChI=1S/C11H14ClN3/c1-15-11(12)9-5-4-8(3-2-6-13)7-10(9)14-15/h4-5,7H,2-3,6,13H2,1H3. The van der Waals surface area contributed by atoms with Gasteiger partial charge in [0.1, 0.15) is 5.15 Å². The fourth-order valence-electron chi connectivity index (χ4n) is 1.68. The van der Waals surface area contributed by atoms with Crippen molar-refractivity contribution in [3.63, 3.8) is 0 Å². The van der Waals surface area contributed by atoms with E-state index in [1.807, 2.05) is 13.1 Å². The minimum atomic E-state index is 0.690. The van der Waals surface area contributed by atoms with Crippen molar-refractivity contribution in [1.29, 1.82) is 0 Å². The van der Waals surface area contributed by atoms with Crippen LogP contribution >= 0.6 is 11.6 Å². The van der Waals surface area contributed by atoms with Crippen molar-refractivity contribution in [2.24, 2.45) is 12.8 Å². The molecule has 0 unspecified atom stereocenters. The van der Waals surface area contributed by atoms with E-state index in [2.05, 4.69) is 17.2 Å². The predicted octanol–water partition coefficient (Wildman–Crippen LogP) is 2.12. The molecule has 0 saturated carbocycles. The van der Waals surface area contributed by atoms with E-state index in [0.717, 1.165) is 30.3 Å². The van der Waals surface area contributed by atoms with Gasteiger partial charge in [-0.05, 0) is 37.1 Å². The maximum atomic E-state index is 6.08. The minimum absolute atomic E-state index is 0.690. The van der Waals surface area contributed by atoms with Crippen molar-refractivity contribution in [2.75, 3.05) is 6.54 Å². The van der Waals surface area contributed by atoms with Crippen LogP contribution in [0.1, 0.15) is 12.0 Å². The second-order valence-corrected chi connectivity index (χ2v) is 4.02. The van der Waals surface area contributed by atoms with Gasteiger partial charge in [-0.2, -0.15) is 5.10 Å². The van der Waals surface area contributed by atoms with Gasteiger partial charge in [-0.3, -0.25) is 4.68 Å². The van der Waals surface area contributed by atoms with E-state index >= 15 is 0 Å².